The number of thiazole rings is 1. The SMILES string of the molecule is CC(C)(C)c1ccc(C2C(=C(O)c3ccc4c(c3)OCCO4)C(=O)C(=O)N2c2nc3ccc(F)cc3s2)cc1. The molecule has 1 unspecified atom stereocenters. The summed E-state index contributed by atoms with van der Waals surface area (Å²) in [5.74, 6) is -1.43. The number of anilines is 1. The van der Waals surface area contributed by atoms with Crippen LogP contribution in [0, 0.1) is 5.82 Å². The van der Waals surface area contributed by atoms with Crippen LogP contribution in [0.5, 0.6) is 11.5 Å². The second-order valence-corrected chi connectivity index (χ2v) is 11.5. The molecule has 1 atom stereocenters. The normalized spacial score (nSPS) is 18.7. The van der Waals surface area contributed by atoms with Crippen molar-refractivity contribution in [2.24, 2.45) is 0 Å². The van der Waals surface area contributed by atoms with E-state index < -0.39 is 23.5 Å². The molecular weight excluding hydrogens is 519 g/mol. The summed E-state index contributed by atoms with van der Waals surface area (Å²) in [6.07, 6.45) is 0. The minimum atomic E-state index is -0.947. The number of aromatic nitrogens is 1. The number of hydrogen-bond donors (Lipinski definition) is 1. The van der Waals surface area contributed by atoms with Crippen molar-refractivity contribution in [3.8, 4) is 11.5 Å². The van der Waals surface area contributed by atoms with E-state index in [1.165, 1.54) is 23.1 Å². The molecule has 0 saturated carbocycles. The summed E-state index contributed by atoms with van der Waals surface area (Å²) in [5.41, 5.74) is 2.36. The molecule has 1 fully saturated rings. The Hall–Kier alpha value is -4.24. The maximum Gasteiger partial charge on any atom is 0.301 e. The van der Waals surface area contributed by atoms with Gasteiger partial charge in [-0.25, -0.2) is 9.37 Å². The summed E-state index contributed by atoms with van der Waals surface area (Å²) in [6.45, 7) is 7.06. The first-order valence-electron chi connectivity index (χ1n) is 12.5. The second-order valence-electron chi connectivity index (χ2n) is 10.5. The topological polar surface area (TPSA) is 89.0 Å². The van der Waals surface area contributed by atoms with Gasteiger partial charge in [0.05, 0.1) is 21.8 Å². The van der Waals surface area contributed by atoms with Crippen LogP contribution in [0.2, 0.25) is 0 Å². The summed E-state index contributed by atoms with van der Waals surface area (Å²) in [7, 11) is 0. The maximum absolute atomic E-state index is 13.9. The van der Waals surface area contributed by atoms with Crippen molar-refractivity contribution >= 4 is 44.1 Å². The number of nitrogens with zero attached hydrogens (tertiary/aromatic N) is 2. The van der Waals surface area contributed by atoms with Gasteiger partial charge in [0, 0.05) is 5.56 Å². The predicted molar refractivity (Wildman–Crippen MR) is 147 cm³/mol. The van der Waals surface area contributed by atoms with Crippen LogP contribution in [0.3, 0.4) is 0 Å². The molecular formula is C30H25FN2O5S. The number of rotatable bonds is 3. The van der Waals surface area contributed by atoms with E-state index >= 15 is 0 Å². The lowest BCUT2D eigenvalue weighted by Crippen LogP contribution is -2.29. The molecule has 0 radical (unpaired) electrons. The fourth-order valence-corrected chi connectivity index (χ4v) is 5.86. The van der Waals surface area contributed by atoms with Crippen molar-refractivity contribution in [1.29, 1.82) is 0 Å². The number of aliphatic hydroxyl groups is 1. The summed E-state index contributed by atoms with van der Waals surface area (Å²) < 4.78 is 25.7. The monoisotopic (exact) mass is 544 g/mol. The van der Waals surface area contributed by atoms with Gasteiger partial charge < -0.3 is 14.6 Å². The first kappa shape index (κ1) is 25.1. The van der Waals surface area contributed by atoms with Gasteiger partial charge in [0.15, 0.2) is 16.6 Å². The fourth-order valence-electron chi connectivity index (χ4n) is 4.85. The number of ether oxygens (including phenoxy) is 2. The zero-order valence-electron chi connectivity index (χ0n) is 21.5. The first-order valence-corrected chi connectivity index (χ1v) is 13.3. The van der Waals surface area contributed by atoms with Gasteiger partial charge in [0.25, 0.3) is 5.78 Å². The Kier molecular flexibility index (Phi) is 5.91. The zero-order valence-corrected chi connectivity index (χ0v) is 22.3. The van der Waals surface area contributed by atoms with Crippen molar-refractivity contribution in [3.05, 3.63) is 88.7 Å². The molecule has 1 amide bonds. The summed E-state index contributed by atoms with van der Waals surface area (Å²) in [5, 5.41) is 11.7. The van der Waals surface area contributed by atoms with E-state index in [1.807, 2.05) is 24.3 Å². The lowest BCUT2D eigenvalue weighted by Gasteiger charge is -2.25. The largest absolute Gasteiger partial charge is 0.507 e. The molecule has 9 heteroatoms. The fraction of sp³-hybridized carbons (Fsp3) is 0.233. The van der Waals surface area contributed by atoms with E-state index in [4.69, 9.17) is 9.47 Å². The van der Waals surface area contributed by atoms with Gasteiger partial charge in [0.2, 0.25) is 0 Å². The Labute approximate surface area is 228 Å². The number of ketones is 1. The molecule has 2 aliphatic heterocycles. The van der Waals surface area contributed by atoms with Crippen LogP contribution in [0.4, 0.5) is 9.52 Å². The van der Waals surface area contributed by atoms with Crippen LogP contribution in [-0.2, 0) is 15.0 Å². The van der Waals surface area contributed by atoms with E-state index in [0.717, 1.165) is 16.9 Å². The molecule has 198 valence electrons. The van der Waals surface area contributed by atoms with Crippen LogP contribution in [-0.4, -0.2) is 35.0 Å². The maximum atomic E-state index is 13.9. The third-order valence-corrected chi connectivity index (χ3v) is 7.92. The summed E-state index contributed by atoms with van der Waals surface area (Å²) in [4.78, 5) is 32.9. The highest BCUT2D eigenvalue weighted by Crippen LogP contribution is 2.45. The smallest absolute Gasteiger partial charge is 0.301 e. The highest BCUT2D eigenvalue weighted by molar-refractivity contribution is 7.22. The Morgan fingerprint density at radius 3 is 2.44 bits per heavy atom. The van der Waals surface area contributed by atoms with Gasteiger partial charge >= 0.3 is 5.91 Å². The average Bonchev–Trinajstić information content (AvgIpc) is 3.45. The zero-order chi connectivity index (χ0) is 27.5. The minimum Gasteiger partial charge on any atom is -0.507 e. The summed E-state index contributed by atoms with van der Waals surface area (Å²) >= 11 is 1.11. The molecule has 3 aromatic carbocycles. The predicted octanol–water partition coefficient (Wildman–Crippen LogP) is 6.13. The Bertz CT molecular complexity index is 1670. The molecule has 6 rings (SSSR count). The third-order valence-electron chi connectivity index (χ3n) is 6.90. The van der Waals surface area contributed by atoms with Gasteiger partial charge in [-0.15, -0.1) is 0 Å². The van der Waals surface area contributed by atoms with E-state index in [2.05, 4.69) is 25.8 Å². The number of fused-ring (bicyclic) bond motifs is 2. The Balaban J connectivity index is 1.53. The molecule has 1 N–H and O–H groups in total. The number of carbonyl (C=O) groups is 2. The molecule has 3 heterocycles. The first-order chi connectivity index (χ1) is 18.6. The van der Waals surface area contributed by atoms with Gasteiger partial charge in [0.1, 0.15) is 24.8 Å². The van der Waals surface area contributed by atoms with Crippen LogP contribution in [0.1, 0.15) is 43.5 Å². The minimum absolute atomic E-state index is 0.0642. The second kappa shape index (κ2) is 9.20. The highest BCUT2D eigenvalue weighted by atomic mass is 32.1. The van der Waals surface area contributed by atoms with Gasteiger partial charge in [-0.1, -0.05) is 56.4 Å². The molecule has 0 aliphatic carbocycles. The van der Waals surface area contributed by atoms with E-state index in [1.54, 1.807) is 18.2 Å². The number of Topliss-reactive ketones (excluding diaryl/α,β-unsaturated/α-hetero) is 1. The standard InChI is InChI=1S/C30H25FN2O5S/c1-30(2,3)18-7-4-16(5-8-18)25-24(26(34)17-6-11-21-22(14-17)38-13-12-37-21)27(35)28(36)33(25)29-32-20-10-9-19(31)15-23(20)39-29/h4-11,14-15,25,34H,12-13H2,1-3H3. The molecule has 0 spiro atoms. The Morgan fingerprint density at radius 2 is 1.72 bits per heavy atom. The van der Waals surface area contributed by atoms with E-state index in [0.29, 0.717) is 46.1 Å². The molecule has 4 aromatic rings. The van der Waals surface area contributed by atoms with Crippen LogP contribution in [0.25, 0.3) is 16.0 Å². The lowest BCUT2D eigenvalue weighted by molar-refractivity contribution is -0.132. The molecule has 1 aromatic heterocycles. The number of hydrogen-bond acceptors (Lipinski definition) is 7. The molecule has 2 aliphatic rings. The van der Waals surface area contributed by atoms with Crippen molar-refractivity contribution in [2.75, 3.05) is 18.1 Å². The van der Waals surface area contributed by atoms with Crippen molar-refractivity contribution < 1.29 is 28.6 Å². The highest BCUT2D eigenvalue weighted by Gasteiger charge is 2.48. The lowest BCUT2D eigenvalue weighted by atomic mass is 9.85. The molecule has 39 heavy (non-hydrogen) atoms. The summed E-state index contributed by atoms with van der Waals surface area (Å²) in [6, 6.07) is 15.7. The van der Waals surface area contributed by atoms with Gasteiger partial charge in [-0.2, -0.15) is 0 Å². The number of carbonyl (C=O) groups excluding carboxylic acids is 2. The number of aliphatic hydroxyl groups excluding tert-OH is 1. The van der Waals surface area contributed by atoms with Crippen molar-refractivity contribution in [1.82, 2.24) is 4.98 Å². The third kappa shape index (κ3) is 4.32. The average molecular weight is 545 g/mol. The molecule has 7 nitrogen and oxygen atoms in total. The van der Waals surface area contributed by atoms with Gasteiger partial charge in [-0.3, -0.25) is 14.5 Å². The van der Waals surface area contributed by atoms with Crippen molar-refractivity contribution in [2.45, 2.75) is 32.2 Å². The number of amides is 1. The number of benzene rings is 3. The Morgan fingerprint density at radius 1 is 1.00 bits per heavy atom. The quantitative estimate of drug-likeness (QED) is 0.190. The van der Waals surface area contributed by atoms with E-state index in [9.17, 15) is 19.1 Å². The van der Waals surface area contributed by atoms with Crippen molar-refractivity contribution in [3.63, 3.8) is 0 Å². The van der Waals surface area contributed by atoms with Gasteiger partial charge in [-0.05, 0) is 52.9 Å². The number of halogens is 1. The van der Waals surface area contributed by atoms with E-state index in [-0.39, 0.29) is 21.9 Å². The molecule has 1 saturated heterocycles. The van der Waals surface area contributed by atoms with Crippen LogP contribution >= 0.6 is 11.3 Å². The van der Waals surface area contributed by atoms with Crippen LogP contribution in [0.15, 0.2) is 66.2 Å². The molecule has 0 bridgehead atoms. The van der Waals surface area contributed by atoms with Crippen LogP contribution < -0.4 is 14.4 Å².